The number of carbonyl (C=O) groups excluding carboxylic acids is 1. The van der Waals surface area contributed by atoms with Gasteiger partial charge in [0.05, 0.1) is 16.1 Å². The molecule has 29 heavy (non-hydrogen) atoms. The van der Waals surface area contributed by atoms with Gasteiger partial charge >= 0.3 is 6.18 Å². The standard InChI is InChI=1S/C22H24ClF3N2O/c1-14-10-11-28(2)19(12-14)16-8-6-15(7-9-16)13-27-21(29)17-4-3-5-18(20(17)23)22(24,25)26/h3-9,14,19H,10-13H2,1-2H3,(H,27,29). The van der Waals surface area contributed by atoms with E-state index in [-0.39, 0.29) is 12.1 Å². The van der Waals surface area contributed by atoms with Crippen molar-refractivity contribution in [1.82, 2.24) is 10.2 Å². The summed E-state index contributed by atoms with van der Waals surface area (Å²) >= 11 is 5.82. The Hall–Kier alpha value is -2.05. The van der Waals surface area contributed by atoms with Crippen molar-refractivity contribution in [2.75, 3.05) is 13.6 Å². The number of amides is 1. The molecule has 3 rings (SSSR count). The minimum absolute atomic E-state index is 0.184. The normalized spacial score (nSPS) is 20.5. The van der Waals surface area contributed by atoms with Crippen LogP contribution in [0.3, 0.4) is 0 Å². The van der Waals surface area contributed by atoms with E-state index >= 15 is 0 Å². The van der Waals surface area contributed by atoms with Crippen LogP contribution < -0.4 is 5.32 Å². The molecule has 0 aliphatic carbocycles. The molecule has 1 aliphatic heterocycles. The predicted octanol–water partition coefficient (Wildman–Crippen LogP) is 5.69. The Labute approximate surface area is 173 Å². The van der Waals surface area contributed by atoms with Crippen LogP contribution in [-0.2, 0) is 12.7 Å². The van der Waals surface area contributed by atoms with Crippen LogP contribution in [0, 0.1) is 5.92 Å². The number of rotatable bonds is 4. The van der Waals surface area contributed by atoms with Crippen LogP contribution in [0.4, 0.5) is 13.2 Å². The Kier molecular flexibility index (Phi) is 6.54. The zero-order valence-electron chi connectivity index (χ0n) is 16.4. The Morgan fingerprint density at radius 2 is 1.90 bits per heavy atom. The van der Waals surface area contributed by atoms with Crippen LogP contribution >= 0.6 is 11.6 Å². The number of nitrogens with one attached hydrogen (secondary N) is 1. The van der Waals surface area contributed by atoms with Gasteiger partial charge in [-0.25, -0.2) is 0 Å². The van der Waals surface area contributed by atoms with Crippen LogP contribution in [-0.4, -0.2) is 24.4 Å². The summed E-state index contributed by atoms with van der Waals surface area (Å²) in [5.74, 6) is 0.0541. The third-order valence-corrected chi connectivity index (χ3v) is 5.91. The average Bonchev–Trinajstić information content (AvgIpc) is 2.67. The first-order valence-electron chi connectivity index (χ1n) is 9.59. The average molecular weight is 425 g/mol. The minimum Gasteiger partial charge on any atom is -0.348 e. The zero-order valence-corrected chi connectivity index (χ0v) is 17.1. The number of piperidine rings is 1. The lowest BCUT2D eigenvalue weighted by atomic mass is 9.88. The highest BCUT2D eigenvalue weighted by Gasteiger charge is 2.34. The number of hydrogen-bond donors (Lipinski definition) is 1. The minimum atomic E-state index is -4.60. The predicted molar refractivity (Wildman–Crippen MR) is 108 cm³/mol. The van der Waals surface area contributed by atoms with Gasteiger partial charge in [-0.1, -0.05) is 48.9 Å². The lowest BCUT2D eigenvalue weighted by molar-refractivity contribution is -0.137. The Bertz CT molecular complexity index is 867. The number of alkyl halides is 3. The van der Waals surface area contributed by atoms with E-state index in [1.54, 1.807) is 0 Å². The molecule has 0 spiro atoms. The topological polar surface area (TPSA) is 32.3 Å². The van der Waals surface area contributed by atoms with Gasteiger partial charge in [0.1, 0.15) is 0 Å². The van der Waals surface area contributed by atoms with Gasteiger partial charge in [0, 0.05) is 12.6 Å². The van der Waals surface area contributed by atoms with Crippen LogP contribution in [0.2, 0.25) is 5.02 Å². The fourth-order valence-corrected chi connectivity index (χ4v) is 4.03. The summed E-state index contributed by atoms with van der Waals surface area (Å²) in [5.41, 5.74) is 0.907. The SMILES string of the molecule is CC1CCN(C)C(c2ccc(CNC(=O)c3cccc(C(F)(F)F)c3Cl)cc2)C1. The quantitative estimate of drug-likeness (QED) is 0.683. The molecule has 2 aromatic carbocycles. The highest BCUT2D eigenvalue weighted by atomic mass is 35.5. The number of hydrogen-bond acceptors (Lipinski definition) is 2. The third-order valence-electron chi connectivity index (χ3n) is 5.50. The number of halogens is 4. The number of benzene rings is 2. The van der Waals surface area contributed by atoms with E-state index in [1.807, 2.05) is 12.1 Å². The molecule has 3 nitrogen and oxygen atoms in total. The van der Waals surface area contributed by atoms with Crippen molar-refractivity contribution in [3.63, 3.8) is 0 Å². The second-order valence-electron chi connectivity index (χ2n) is 7.72. The van der Waals surface area contributed by atoms with E-state index in [0.717, 1.165) is 24.6 Å². The largest absolute Gasteiger partial charge is 0.417 e. The van der Waals surface area contributed by atoms with Crippen molar-refractivity contribution < 1.29 is 18.0 Å². The molecule has 0 radical (unpaired) electrons. The van der Waals surface area contributed by atoms with Gasteiger partial charge in [-0.15, -0.1) is 0 Å². The van der Waals surface area contributed by atoms with Crippen LogP contribution in [0.15, 0.2) is 42.5 Å². The first-order chi connectivity index (χ1) is 13.7. The summed E-state index contributed by atoms with van der Waals surface area (Å²) in [6.07, 6.45) is -2.29. The lowest BCUT2D eigenvalue weighted by Crippen LogP contribution is -2.33. The molecule has 2 aromatic rings. The summed E-state index contributed by atoms with van der Waals surface area (Å²) in [6, 6.07) is 11.7. The second-order valence-corrected chi connectivity index (χ2v) is 8.09. The van der Waals surface area contributed by atoms with E-state index in [4.69, 9.17) is 11.6 Å². The molecule has 0 bridgehead atoms. The van der Waals surface area contributed by atoms with Gasteiger partial charge in [0.25, 0.3) is 5.91 Å². The van der Waals surface area contributed by atoms with E-state index in [9.17, 15) is 18.0 Å². The molecule has 156 valence electrons. The molecule has 1 aliphatic rings. The molecule has 2 unspecified atom stereocenters. The van der Waals surface area contributed by atoms with Crippen molar-refractivity contribution >= 4 is 17.5 Å². The van der Waals surface area contributed by atoms with Crippen molar-refractivity contribution in [1.29, 1.82) is 0 Å². The van der Waals surface area contributed by atoms with Crippen LogP contribution in [0.1, 0.15) is 52.9 Å². The maximum atomic E-state index is 13.0. The van der Waals surface area contributed by atoms with Gasteiger partial charge in [0.15, 0.2) is 0 Å². The van der Waals surface area contributed by atoms with E-state index in [0.29, 0.717) is 12.0 Å². The monoisotopic (exact) mass is 424 g/mol. The smallest absolute Gasteiger partial charge is 0.348 e. The number of likely N-dealkylation sites (tertiary alicyclic amines) is 1. The molecule has 0 aromatic heterocycles. The Balaban J connectivity index is 1.65. The van der Waals surface area contributed by atoms with Gasteiger partial charge in [-0.05, 0) is 55.6 Å². The first-order valence-corrected chi connectivity index (χ1v) is 9.97. The molecule has 2 atom stereocenters. The van der Waals surface area contributed by atoms with Crippen molar-refractivity contribution in [2.45, 2.75) is 38.5 Å². The highest BCUT2D eigenvalue weighted by Crippen LogP contribution is 2.36. The summed E-state index contributed by atoms with van der Waals surface area (Å²) in [4.78, 5) is 14.7. The second kappa shape index (κ2) is 8.76. The van der Waals surface area contributed by atoms with Gasteiger partial charge in [-0.2, -0.15) is 13.2 Å². The first kappa shape index (κ1) is 21.7. The van der Waals surface area contributed by atoms with Crippen molar-refractivity contribution in [3.8, 4) is 0 Å². The number of nitrogens with zero attached hydrogens (tertiary/aromatic N) is 1. The molecule has 1 N–H and O–H groups in total. The fraction of sp³-hybridized carbons (Fsp3) is 0.409. The fourth-order valence-electron chi connectivity index (χ4n) is 3.71. The van der Waals surface area contributed by atoms with Gasteiger partial charge in [0.2, 0.25) is 0 Å². The molecule has 1 heterocycles. The lowest BCUT2D eigenvalue weighted by Gasteiger charge is -2.36. The summed E-state index contributed by atoms with van der Waals surface area (Å²) in [6.45, 7) is 3.55. The van der Waals surface area contributed by atoms with E-state index < -0.39 is 22.7 Å². The van der Waals surface area contributed by atoms with Gasteiger partial charge in [-0.3, -0.25) is 9.69 Å². The van der Waals surface area contributed by atoms with E-state index in [1.165, 1.54) is 24.1 Å². The summed E-state index contributed by atoms with van der Waals surface area (Å²) < 4.78 is 38.9. The van der Waals surface area contributed by atoms with Crippen molar-refractivity contribution in [2.24, 2.45) is 5.92 Å². The van der Waals surface area contributed by atoms with Crippen molar-refractivity contribution in [3.05, 3.63) is 69.7 Å². The van der Waals surface area contributed by atoms with E-state index in [2.05, 4.69) is 36.3 Å². The molecule has 0 saturated carbocycles. The van der Waals surface area contributed by atoms with Crippen LogP contribution in [0.5, 0.6) is 0 Å². The third kappa shape index (κ3) is 5.11. The molecular weight excluding hydrogens is 401 g/mol. The summed E-state index contributed by atoms with van der Waals surface area (Å²) in [7, 11) is 2.13. The number of carbonyl (C=O) groups is 1. The van der Waals surface area contributed by atoms with Crippen LogP contribution in [0.25, 0.3) is 0 Å². The Morgan fingerprint density at radius 3 is 2.55 bits per heavy atom. The molecular formula is C22H24ClF3N2O. The maximum Gasteiger partial charge on any atom is 0.417 e. The summed E-state index contributed by atoms with van der Waals surface area (Å²) in [5, 5.41) is 2.07. The molecule has 1 amide bonds. The highest BCUT2D eigenvalue weighted by molar-refractivity contribution is 6.34. The van der Waals surface area contributed by atoms with Gasteiger partial charge < -0.3 is 5.32 Å². The molecule has 7 heteroatoms. The Morgan fingerprint density at radius 1 is 1.21 bits per heavy atom. The molecule has 1 fully saturated rings. The maximum absolute atomic E-state index is 13.0. The molecule has 1 saturated heterocycles. The zero-order chi connectivity index (χ0) is 21.2.